The zero-order valence-corrected chi connectivity index (χ0v) is 5.54. The molecule has 0 bridgehead atoms. The lowest BCUT2D eigenvalue weighted by molar-refractivity contribution is -0.125. The number of nitrogens with two attached hydrogens (primary N) is 1. The molecule has 1 fully saturated rings. The second-order valence-corrected chi connectivity index (χ2v) is 3.01. The van der Waals surface area contributed by atoms with Gasteiger partial charge in [0.1, 0.15) is 0 Å². The molecule has 0 amide bonds. The van der Waals surface area contributed by atoms with Gasteiger partial charge in [-0.05, 0) is 6.42 Å². The number of rotatable bonds is 2. The monoisotopic (exact) mass is 153 g/mol. The highest BCUT2D eigenvalue weighted by Crippen LogP contribution is 2.45. The van der Waals surface area contributed by atoms with Crippen LogP contribution < -0.4 is 5.73 Å². The Morgan fingerprint density at radius 2 is 1.80 bits per heavy atom. The minimum atomic E-state index is -2.64. The van der Waals surface area contributed by atoms with E-state index < -0.39 is 18.1 Å². The molecule has 60 valence electrons. The summed E-state index contributed by atoms with van der Waals surface area (Å²) in [6.45, 7) is -0.605. The lowest BCUT2D eigenvalue weighted by Gasteiger charge is -2.44. The van der Waals surface area contributed by atoms with Crippen molar-refractivity contribution in [2.45, 2.75) is 30.7 Å². The van der Waals surface area contributed by atoms with Gasteiger partial charge in [-0.15, -0.1) is 0 Å². The summed E-state index contributed by atoms with van der Waals surface area (Å²) in [4.78, 5) is 0. The maximum Gasteiger partial charge on any atom is 0.251 e. The van der Waals surface area contributed by atoms with Crippen LogP contribution in [0.1, 0.15) is 19.3 Å². The van der Waals surface area contributed by atoms with E-state index in [9.17, 15) is 13.2 Å². The molecule has 0 spiro atoms. The van der Waals surface area contributed by atoms with Crippen molar-refractivity contribution in [2.75, 3.05) is 6.67 Å². The second-order valence-electron chi connectivity index (χ2n) is 3.01. The van der Waals surface area contributed by atoms with Crippen LogP contribution in [0.15, 0.2) is 0 Å². The maximum absolute atomic E-state index is 12.2. The summed E-state index contributed by atoms with van der Waals surface area (Å²) in [5.41, 5.74) is 4.45. The Bertz CT molecular complexity index is 127. The Morgan fingerprint density at radius 3 is 2.10 bits per heavy atom. The zero-order chi connectivity index (χ0) is 7.83. The third-order valence-electron chi connectivity index (χ3n) is 1.81. The van der Waals surface area contributed by atoms with Crippen LogP contribution >= 0.6 is 0 Å². The Kier molecular flexibility index (Phi) is 1.66. The molecule has 0 heterocycles. The molecule has 10 heavy (non-hydrogen) atoms. The van der Waals surface area contributed by atoms with Gasteiger partial charge in [0.2, 0.25) is 0 Å². The molecular weight excluding hydrogens is 143 g/mol. The highest BCUT2D eigenvalue weighted by Gasteiger charge is 2.53. The lowest BCUT2D eigenvalue weighted by atomic mass is 9.72. The van der Waals surface area contributed by atoms with E-state index in [1.54, 1.807) is 0 Å². The summed E-state index contributed by atoms with van der Waals surface area (Å²) in [6.07, 6.45) is -0.656. The quantitative estimate of drug-likeness (QED) is 0.638. The molecule has 2 N–H and O–H groups in total. The van der Waals surface area contributed by atoms with Crippen LogP contribution in [0, 0.1) is 0 Å². The second kappa shape index (κ2) is 2.12. The normalized spacial score (nSPS) is 27.6. The minimum absolute atomic E-state index is 0.0581. The molecular formula is C6H10F3N. The van der Waals surface area contributed by atoms with E-state index in [-0.39, 0.29) is 19.3 Å². The first-order chi connectivity index (χ1) is 4.47. The zero-order valence-electron chi connectivity index (χ0n) is 5.54. The lowest BCUT2D eigenvalue weighted by Crippen LogP contribution is -2.58. The highest BCUT2D eigenvalue weighted by molar-refractivity contribution is 5.03. The molecule has 4 heteroatoms. The molecule has 1 nitrogen and oxygen atoms in total. The van der Waals surface area contributed by atoms with Crippen molar-refractivity contribution in [3.05, 3.63) is 0 Å². The minimum Gasteiger partial charge on any atom is -0.325 e. The van der Waals surface area contributed by atoms with Crippen LogP contribution in [-0.4, -0.2) is 18.1 Å². The summed E-state index contributed by atoms with van der Waals surface area (Å²) in [7, 11) is 0. The third-order valence-corrected chi connectivity index (χ3v) is 1.81. The largest absolute Gasteiger partial charge is 0.325 e. The molecule has 0 unspecified atom stereocenters. The van der Waals surface area contributed by atoms with Gasteiger partial charge in [0, 0.05) is 18.4 Å². The standard InChI is InChI=1S/C6H10F3N/c7-2-1-5(10)3-6(8,9)4-5/h1-4,10H2. The van der Waals surface area contributed by atoms with E-state index >= 15 is 0 Å². The predicted molar refractivity (Wildman–Crippen MR) is 31.7 cm³/mol. The summed E-state index contributed by atoms with van der Waals surface area (Å²) in [5, 5.41) is 0. The summed E-state index contributed by atoms with van der Waals surface area (Å²) in [5.74, 6) is -2.64. The Morgan fingerprint density at radius 1 is 1.30 bits per heavy atom. The fraction of sp³-hybridized carbons (Fsp3) is 1.00. The van der Waals surface area contributed by atoms with Crippen molar-refractivity contribution < 1.29 is 13.2 Å². The van der Waals surface area contributed by atoms with Crippen molar-refractivity contribution in [3.8, 4) is 0 Å². The highest BCUT2D eigenvalue weighted by atomic mass is 19.3. The Balaban J connectivity index is 2.34. The average molecular weight is 153 g/mol. The number of alkyl halides is 3. The molecule has 1 rings (SSSR count). The van der Waals surface area contributed by atoms with Gasteiger partial charge in [0.25, 0.3) is 5.92 Å². The van der Waals surface area contributed by atoms with Crippen LogP contribution in [0.5, 0.6) is 0 Å². The van der Waals surface area contributed by atoms with E-state index in [4.69, 9.17) is 5.73 Å². The van der Waals surface area contributed by atoms with Crippen molar-refractivity contribution in [1.82, 2.24) is 0 Å². The van der Waals surface area contributed by atoms with Crippen LogP contribution in [0.4, 0.5) is 13.2 Å². The van der Waals surface area contributed by atoms with Gasteiger partial charge in [-0.3, -0.25) is 4.39 Å². The predicted octanol–water partition coefficient (Wildman–Crippen LogP) is 1.47. The van der Waals surface area contributed by atoms with Crippen LogP contribution in [0.25, 0.3) is 0 Å². The van der Waals surface area contributed by atoms with Crippen molar-refractivity contribution >= 4 is 0 Å². The van der Waals surface area contributed by atoms with Gasteiger partial charge in [0.15, 0.2) is 0 Å². The topological polar surface area (TPSA) is 26.0 Å². The van der Waals surface area contributed by atoms with E-state index in [1.165, 1.54) is 0 Å². The molecule has 0 atom stereocenters. The maximum atomic E-state index is 12.2. The third kappa shape index (κ3) is 1.42. The smallest absolute Gasteiger partial charge is 0.251 e. The molecule has 0 aromatic heterocycles. The molecule has 0 aliphatic heterocycles. The van der Waals surface area contributed by atoms with Gasteiger partial charge in [-0.2, -0.15) is 0 Å². The van der Waals surface area contributed by atoms with Gasteiger partial charge >= 0.3 is 0 Å². The summed E-state index contributed by atoms with van der Waals surface area (Å²) < 4.78 is 35.9. The first-order valence-electron chi connectivity index (χ1n) is 3.20. The first kappa shape index (κ1) is 7.85. The van der Waals surface area contributed by atoms with Gasteiger partial charge in [0.05, 0.1) is 6.67 Å². The van der Waals surface area contributed by atoms with Gasteiger partial charge in [-0.1, -0.05) is 0 Å². The van der Waals surface area contributed by atoms with Crippen molar-refractivity contribution in [3.63, 3.8) is 0 Å². The molecule has 0 aromatic rings. The molecule has 0 radical (unpaired) electrons. The Labute approximate surface area is 57.4 Å². The SMILES string of the molecule is NC1(CCF)CC(F)(F)C1. The van der Waals surface area contributed by atoms with E-state index in [2.05, 4.69) is 0 Å². The number of hydrogen-bond acceptors (Lipinski definition) is 1. The van der Waals surface area contributed by atoms with Gasteiger partial charge in [-0.25, -0.2) is 8.78 Å². The fourth-order valence-corrected chi connectivity index (χ4v) is 1.34. The first-order valence-corrected chi connectivity index (χ1v) is 3.20. The Hall–Kier alpha value is -0.250. The van der Waals surface area contributed by atoms with Gasteiger partial charge < -0.3 is 5.73 Å². The molecule has 1 aliphatic rings. The average Bonchev–Trinajstić information content (AvgIpc) is 1.58. The fourth-order valence-electron chi connectivity index (χ4n) is 1.34. The van der Waals surface area contributed by atoms with E-state index in [0.29, 0.717) is 0 Å². The number of halogens is 3. The summed E-state index contributed by atoms with van der Waals surface area (Å²) >= 11 is 0. The van der Waals surface area contributed by atoms with Crippen LogP contribution in [0.2, 0.25) is 0 Å². The van der Waals surface area contributed by atoms with Crippen molar-refractivity contribution in [1.29, 1.82) is 0 Å². The molecule has 1 aliphatic carbocycles. The summed E-state index contributed by atoms with van der Waals surface area (Å²) in [6, 6.07) is 0. The van der Waals surface area contributed by atoms with E-state index in [0.717, 1.165) is 0 Å². The van der Waals surface area contributed by atoms with Crippen LogP contribution in [-0.2, 0) is 0 Å². The van der Waals surface area contributed by atoms with Crippen molar-refractivity contribution in [2.24, 2.45) is 5.73 Å². The molecule has 1 saturated carbocycles. The molecule has 0 aromatic carbocycles. The molecule has 0 saturated heterocycles. The van der Waals surface area contributed by atoms with E-state index in [1.807, 2.05) is 0 Å². The van der Waals surface area contributed by atoms with Crippen LogP contribution in [0.3, 0.4) is 0 Å². The number of hydrogen-bond donors (Lipinski definition) is 1.